The highest BCUT2D eigenvalue weighted by atomic mass is 32.2. The first-order valence-corrected chi connectivity index (χ1v) is 12.0. The van der Waals surface area contributed by atoms with Gasteiger partial charge in [0.05, 0.1) is 18.1 Å². The second-order valence-electron chi connectivity index (χ2n) is 9.51. The molecule has 3 heterocycles. The molecule has 4 aliphatic rings. The van der Waals surface area contributed by atoms with E-state index in [1.807, 2.05) is 6.92 Å². The second-order valence-corrected chi connectivity index (χ2v) is 10.8. The zero-order valence-electron chi connectivity index (χ0n) is 18.1. The van der Waals surface area contributed by atoms with Crippen LogP contribution in [0.4, 0.5) is 0 Å². The minimum absolute atomic E-state index is 0.0495. The minimum atomic E-state index is -1.05. The highest BCUT2D eigenvalue weighted by molar-refractivity contribution is 8.03. The average Bonchev–Trinajstić information content (AvgIpc) is 2.89. The van der Waals surface area contributed by atoms with Crippen molar-refractivity contribution in [2.45, 2.75) is 63.0 Å². The predicted octanol–water partition coefficient (Wildman–Crippen LogP) is 0.599. The average molecular weight is 452 g/mol. The Kier molecular flexibility index (Phi) is 6.24. The number of aliphatic hydroxyl groups is 1. The number of fused-ring (bicyclic) bond motifs is 1. The molecule has 3 aliphatic heterocycles. The number of carbonyl (C=O) groups is 2. The van der Waals surface area contributed by atoms with Gasteiger partial charge in [-0.25, -0.2) is 4.79 Å². The summed E-state index contributed by atoms with van der Waals surface area (Å²) in [5, 5.41) is 30.4. The van der Waals surface area contributed by atoms with Gasteiger partial charge in [-0.2, -0.15) is 0 Å². The molecule has 0 unspecified atom stereocenters. The zero-order valence-corrected chi connectivity index (χ0v) is 18.9. The van der Waals surface area contributed by atoms with Crippen LogP contribution in [0.3, 0.4) is 0 Å². The number of aliphatic hydroxyl groups excluding tert-OH is 1. The van der Waals surface area contributed by atoms with Crippen LogP contribution < -0.4 is 11.1 Å². The number of nitrogens with zero attached hydrogens (tertiary/aromatic N) is 2. The third kappa shape index (κ3) is 4.17. The molecule has 1 aliphatic carbocycles. The van der Waals surface area contributed by atoms with E-state index in [0.717, 1.165) is 50.2 Å². The third-order valence-corrected chi connectivity index (χ3v) is 8.70. The summed E-state index contributed by atoms with van der Waals surface area (Å²) in [6, 6.07) is 0.0771. The van der Waals surface area contributed by atoms with Gasteiger partial charge in [-0.05, 0) is 38.5 Å². The van der Waals surface area contributed by atoms with Crippen LogP contribution in [0.2, 0.25) is 0 Å². The monoisotopic (exact) mass is 451 g/mol. The number of thioether (sulfide) groups is 1. The van der Waals surface area contributed by atoms with Crippen molar-refractivity contribution in [3.8, 4) is 0 Å². The smallest absolute Gasteiger partial charge is 0.353 e. The molecule has 4 atom stereocenters. The minimum Gasteiger partial charge on any atom is -0.477 e. The second kappa shape index (κ2) is 8.63. The number of β-lactam (4-membered cyclic amide) rings is 1. The number of amides is 1. The number of likely N-dealkylation sites (tertiary alicyclic amines) is 1. The number of carboxylic acids is 1. The predicted molar refractivity (Wildman–Crippen MR) is 118 cm³/mol. The quantitative estimate of drug-likeness (QED) is 0.215. The molecule has 3 fully saturated rings. The number of carbonyl (C=O) groups excluding carboxylic acids is 1. The van der Waals surface area contributed by atoms with Crippen LogP contribution in [-0.2, 0) is 9.59 Å². The Labute approximate surface area is 186 Å². The lowest BCUT2D eigenvalue weighted by atomic mass is 9.79. The molecular formula is C21H33N5O4S. The van der Waals surface area contributed by atoms with Gasteiger partial charge in [0.15, 0.2) is 5.96 Å². The largest absolute Gasteiger partial charge is 0.477 e. The molecule has 1 saturated carbocycles. The first-order chi connectivity index (χ1) is 14.7. The van der Waals surface area contributed by atoms with Gasteiger partial charge in [-0.15, -0.1) is 11.8 Å². The molecule has 4 rings (SSSR count). The van der Waals surface area contributed by atoms with Crippen LogP contribution in [0.15, 0.2) is 10.6 Å². The standard InChI is InChI=1S/C21H33N5O4S/c1-10-16-15(11(2)27)19(28)26(16)17(20(29)30)18(10)31-14-8-25(9-14)7-12-3-5-13(6-4-12)24-21(22)23/h10-16,27H,3-9H2,1-2H3,(H,29,30)(H4,22,23,24)/t10-,11-,12-,13+,15-,16-/m1/s1. The number of nitrogens with one attached hydrogen (secondary N) is 2. The maximum Gasteiger partial charge on any atom is 0.353 e. The van der Waals surface area contributed by atoms with Crippen LogP contribution >= 0.6 is 11.8 Å². The SMILES string of the molecule is C[C@@H](O)[C@H]1C(=O)N2C(C(=O)O)=C(SC3CN(C[C@H]4CC[C@@H](NC(=N)N)CC4)C3)[C@H](C)[C@H]12. The van der Waals surface area contributed by atoms with Crippen molar-refractivity contribution >= 4 is 29.6 Å². The van der Waals surface area contributed by atoms with Crippen molar-refractivity contribution in [1.29, 1.82) is 5.41 Å². The van der Waals surface area contributed by atoms with Gasteiger partial charge in [0.25, 0.3) is 0 Å². The van der Waals surface area contributed by atoms with Crippen LogP contribution in [0.1, 0.15) is 39.5 Å². The van der Waals surface area contributed by atoms with E-state index in [1.165, 1.54) is 4.90 Å². The molecule has 2 saturated heterocycles. The summed E-state index contributed by atoms with van der Waals surface area (Å²) >= 11 is 1.61. The van der Waals surface area contributed by atoms with Crippen molar-refractivity contribution < 1.29 is 19.8 Å². The number of hydrogen-bond donors (Lipinski definition) is 5. The van der Waals surface area contributed by atoms with Crippen molar-refractivity contribution in [1.82, 2.24) is 15.1 Å². The summed E-state index contributed by atoms with van der Waals surface area (Å²) in [5.41, 5.74) is 5.55. The molecule has 172 valence electrons. The van der Waals surface area contributed by atoms with Crippen LogP contribution in [0.5, 0.6) is 0 Å². The molecule has 0 radical (unpaired) electrons. The topological polar surface area (TPSA) is 143 Å². The highest BCUT2D eigenvalue weighted by Gasteiger charge is 2.60. The maximum absolute atomic E-state index is 12.4. The third-order valence-electron chi connectivity index (χ3n) is 7.25. The molecule has 0 bridgehead atoms. The fraction of sp³-hybridized carbons (Fsp3) is 0.762. The van der Waals surface area contributed by atoms with Crippen molar-refractivity contribution in [2.24, 2.45) is 23.5 Å². The molecule has 9 nitrogen and oxygen atoms in total. The van der Waals surface area contributed by atoms with E-state index in [0.29, 0.717) is 17.2 Å². The Morgan fingerprint density at radius 1 is 1.32 bits per heavy atom. The number of guanidine groups is 1. The van der Waals surface area contributed by atoms with E-state index in [4.69, 9.17) is 11.1 Å². The van der Waals surface area contributed by atoms with Crippen molar-refractivity contribution in [2.75, 3.05) is 19.6 Å². The van der Waals surface area contributed by atoms with Crippen LogP contribution in [0, 0.1) is 23.2 Å². The molecule has 1 amide bonds. The molecule has 0 spiro atoms. The Balaban J connectivity index is 1.29. The maximum atomic E-state index is 12.4. The van der Waals surface area contributed by atoms with E-state index in [1.54, 1.807) is 18.7 Å². The lowest BCUT2D eigenvalue weighted by Gasteiger charge is -2.46. The van der Waals surface area contributed by atoms with E-state index in [2.05, 4.69) is 10.2 Å². The first kappa shape index (κ1) is 22.4. The number of rotatable bonds is 7. The van der Waals surface area contributed by atoms with Gasteiger partial charge in [0.2, 0.25) is 5.91 Å². The first-order valence-electron chi connectivity index (χ1n) is 11.2. The Bertz CT molecular complexity index is 789. The Morgan fingerprint density at radius 3 is 2.52 bits per heavy atom. The number of aliphatic carboxylic acids is 1. The lowest BCUT2D eigenvalue weighted by Crippen LogP contribution is -2.63. The number of carboxylic acid groups (broad SMARTS) is 1. The molecular weight excluding hydrogens is 418 g/mol. The summed E-state index contributed by atoms with van der Waals surface area (Å²) in [4.78, 5) is 29.0. The normalized spacial score (nSPS) is 34.7. The zero-order chi connectivity index (χ0) is 22.4. The van der Waals surface area contributed by atoms with Crippen molar-refractivity contribution in [3.05, 3.63) is 10.6 Å². The molecule has 10 heteroatoms. The Hall–Kier alpha value is -1.78. The van der Waals surface area contributed by atoms with Crippen LogP contribution in [0.25, 0.3) is 0 Å². The number of nitrogens with two attached hydrogens (primary N) is 1. The van der Waals surface area contributed by atoms with E-state index in [-0.39, 0.29) is 29.5 Å². The molecule has 0 aromatic rings. The highest BCUT2D eigenvalue weighted by Crippen LogP contribution is 2.52. The summed E-state index contributed by atoms with van der Waals surface area (Å²) in [5.74, 6) is -1.19. The van der Waals surface area contributed by atoms with E-state index in [9.17, 15) is 19.8 Å². The fourth-order valence-electron chi connectivity index (χ4n) is 5.68. The molecule has 0 aromatic heterocycles. The fourth-order valence-corrected chi connectivity index (χ4v) is 7.26. The van der Waals surface area contributed by atoms with Gasteiger partial charge in [0.1, 0.15) is 5.70 Å². The van der Waals surface area contributed by atoms with Crippen LogP contribution in [-0.4, -0.2) is 80.9 Å². The van der Waals surface area contributed by atoms with Gasteiger partial charge < -0.3 is 31.1 Å². The van der Waals surface area contributed by atoms with Gasteiger partial charge in [-0.1, -0.05) is 6.92 Å². The summed E-state index contributed by atoms with van der Waals surface area (Å²) < 4.78 is 0. The summed E-state index contributed by atoms with van der Waals surface area (Å²) in [7, 11) is 0. The van der Waals surface area contributed by atoms with Crippen molar-refractivity contribution in [3.63, 3.8) is 0 Å². The summed E-state index contributed by atoms with van der Waals surface area (Å²) in [6.07, 6.45) is 3.57. The van der Waals surface area contributed by atoms with Gasteiger partial charge in [-0.3, -0.25) is 10.2 Å². The van der Waals surface area contributed by atoms with Gasteiger partial charge in [0, 0.05) is 41.7 Å². The molecule has 31 heavy (non-hydrogen) atoms. The Morgan fingerprint density at radius 2 is 1.97 bits per heavy atom. The van der Waals surface area contributed by atoms with E-state index < -0.39 is 18.0 Å². The summed E-state index contributed by atoms with van der Waals surface area (Å²) in [6.45, 7) is 6.49. The lowest BCUT2D eigenvalue weighted by molar-refractivity contribution is -0.163. The molecule has 6 N–H and O–H groups in total. The number of hydrogen-bond acceptors (Lipinski definition) is 6. The van der Waals surface area contributed by atoms with E-state index >= 15 is 0 Å². The van der Waals surface area contributed by atoms with Gasteiger partial charge >= 0.3 is 5.97 Å². The molecule has 0 aromatic carbocycles.